The molecule has 2 saturated heterocycles. The summed E-state index contributed by atoms with van der Waals surface area (Å²) in [6, 6.07) is 10.4. The Morgan fingerprint density at radius 1 is 1.03 bits per heavy atom. The van der Waals surface area contributed by atoms with Crippen LogP contribution < -0.4 is 15.1 Å². The third-order valence-corrected chi connectivity index (χ3v) is 5.58. The maximum absolute atomic E-state index is 12.6. The predicted octanol–water partition coefficient (Wildman–Crippen LogP) is 1.86. The molecule has 2 amide bonds. The van der Waals surface area contributed by atoms with Gasteiger partial charge < -0.3 is 24.8 Å². The van der Waals surface area contributed by atoms with Crippen LogP contribution in [-0.4, -0.2) is 73.3 Å². The highest BCUT2D eigenvalue weighted by atomic mass is 16.6. The van der Waals surface area contributed by atoms with E-state index in [4.69, 9.17) is 4.74 Å². The van der Waals surface area contributed by atoms with Gasteiger partial charge in [0.1, 0.15) is 5.82 Å². The molecule has 2 aliphatic heterocycles. The van der Waals surface area contributed by atoms with Crippen LogP contribution in [0.15, 0.2) is 42.6 Å². The maximum Gasteiger partial charge on any atom is 0.317 e. The van der Waals surface area contributed by atoms with E-state index in [0.717, 1.165) is 30.2 Å². The van der Waals surface area contributed by atoms with Gasteiger partial charge in [-0.1, -0.05) is 0 Å². The van der Waals surface area contributed by atoms with Crippen molar-refractivity contribution in [3.05, 3.63) is 58.3 Å². The van der Waals surface area contributed by atoms with E-state index in [1.807, 2.05) is 12.1 Å². The summed E-state index contributed by atoms with van der Waals surface area (Å²) in [6.45, 7) is 6.05. The number of morpholine rings is 1. The Balaban J connectivity index is 1.26. The van der Waals surface area contributed by atoms with Gasteiger partial charge in [-0.25, -0.2) is 9.78 Å². The van der Waals surface area contributed by atoms with Crippen LogP contribution in [0.3, 0.4) is 0 Å². The van der Waals surface area contributed by atoms with Crippen LogP contribution in [0.2, 0.25) is 0 Å². The quantitative estimate of drug-likeness (QED) is 0.575. The Morgan fingerprint density at radius 2 is 1.74 bits per heavy atom. The lowest BCUT2D eigenvalue weighted by Gasteiger charge is -2.36. The molecule has 0 bridgehead atoms. The van der Waals surface area contributed by atoms with Gasteiger partial charge in [0.05, 0.1) is 18.1 Å². The topological polar surface area (TPSA) is 104 Å². The molecule has 2 aromatic rings. The van der Waals surface area contributed by atoms with Crippen molar-refractivity contribution in [2.75, 3.05) is 62.3 Å². The molecule has 10 heteroatoms. The van der Waals surface area contributed by atoms with Gasteiger partial charge in [-0.15, -0.1) is 0 Å². The number of rotatable bonds is 5. The highest BCUT2D eigenvalue weighted by Gasteiger charge is 2.21. The highest BCUT2D eigenvalue weighted by molar-refractivity contribution is 5.74. The summed E-state index contributed by atoms with van der Waals surface area (Å²) in [5.41, 5.74) is 2.02. The molecule has 0 saturated carbocycles. The Kier molecular flexibility index (Phi) is 6.46. The van der Waals surface area contributed by atoms with Gasteiger partial charge in [-0.3, -0.25) is 10.1 Å². The zero-order valence-electron chi connectivity index (χ0n) is 17.3. The number of nitrogens with one attached hydrogen (secondary N) is 1. The standard InChI is InChI=1S/C21H26N6O4/c28-21(23-16-17-5-6-22-20(15-17)25-11-13-31-14-12-25)26-9-7-24(8-10-26)18-1-3-19(4-2-18)27(29)30/h1-6,15H,7-14,16H2,(H,23,28). The van der Waals surface area contributed by atoms with Gasteiger partial charge in [-0.05, 0) is 29.8 Å². The molecule has 0 atom stereocenters. The number of benzene rings is 1. The second-order valence-corrected chi connectivity index (χ2v) is 7.53. The molecule has 1 N–H and O–H groups in total. The van der Waals surface area contributed by atoms with E-state index in [1.54, 1.807) is 23.2 Å². The first-order valence-electron chi connectivity index (χ1n) is 10.4. The molecule has 10 nitrogen and oxygen atoms in total. The number of hydrogen-bond donors (Lipinski definition) is 1. The van der Waals surface area contributed by atoms with E-state index in [1.165, 1.54) is 12.1 Å². The van der Waals surface area contributed by atoms with Crippen LogP contribution in [0.1, 0.15) is 5.56 Å². The zero-order chi connectivity index (χ0) is 21.6. The molecule has 0 aliphatic carbocycles. The van der Waals surface area contributed by atoms with Crippen molar-refractivity contribution in [2.24, 2.45) is 0 Å². The first-order valence-corrected chi connectivity index (χ1v) is 10.4. The van der Waals surface area contributed by atoms with Crippen molar-refractivity contribution in [3.63, 3.8) is 0 Å². The number of nitro benzene ring substituents is 1. The van der Waals surface area contributed by atoms with Crippen molar-refractivity contribution in [3.8, 4) is 0 Å². The number of pyridine rings is 1. The van der Waals surface area contributed by atoms with Gasteiger partial charge in [0, 0.05) is 69.8 Å². The van der Waals surface area contributed by atoms with Crippen LogP contribution in [0.25, 0.3) is 0 Å². The van der Waals surface area contributed by atoms with E-state index in [9.17, 15) is 14.9 Å². The van der Waals surface area contributed by atoms with Crippen molar-refractivity contribution in [1.82, 2.24) is 15.2 Å². The third-order valence-electron chi connectivity index (χ3n) is 5.58. The summed E-state index contributed by atoms with van der Waals surface area (Å²) in [6.07, 6.45) is 1.77. The maximum atomic E-state index is 12.6. The number of aromatic nitrogens is 1. The fraction of sp³-hybridized carbons (Fsp3) is 0.429. The number of anilines is 2. The summed E-state index contributed by atoms with van der Waals surface area (Å²) >= 11 is 0. The number of piperazine rings is 1. The molecular formula is C21H26N6O4. The summed E-state index contributed by atoms with van der Waals surface area (Å²) in [4.78, 5) is 33.5. The first-order chi connectivity index (χ1) is 15.1. The minimum absolute atomic E-state index is 0.0784. The minimum Gasteiger partial charge on any atom is -0.378 e. The van der Waals surface area contributed by atoms with E-state index in [0.29, 0.717) is 45.9 Å². The summed E-state index contributed by atoms with van der Waals surface area (Å²) < 4.78 is 5.39. The molecule has 164 valence electrons. The summed E-state index contributed by atoms with van der Waals surface area (Å²) in [5, 5.41) is 13.8. The Bertz CT molecular complexity index is 908. The largest absolute Gasteiger partial charge is 0.378 e. The molecule has 2 aliphatic rings. The molecule has 0 unspecified atom stereocenters. The Labute approximate surface area is 180 Å². The SMILES string of the molecule is O=C(NCc1ccnc(N2CCOCC2)c1)N1CCN(c2ccc([N+](=O)[O-])cc2)CC1. The number of hydrogen-bond acceptors (Lipinski definition) is 7. The fourth-order valence-corrected chi connectivity index (χ4v) is 3.78. The number of carbonyl (C=O) groups is 1. The average Bonchev–Trinajstić information content (AvgIpc) is 2.83. The number of nitro groups is 1. The molecule has 2 fully saturated rings. The van der Waals surface area contributed by atoms with Crippen molar-refractivity contribution < 1.29 is 14.5 Å². The Hall–Kier alpha value is -3.40. The van der Waals surface area contributed by atoms with Gasteiger partial charge in [0.2, 0.25) is 0 Å². The lowest BCUT2D eigenvalue weighted by molar-refractivity contribution is -0.384. The van der Waals surface area contributed by atoms with Gasteiger partial charge in [0.15, 0.2) is 0 Å². The second-order valence-electron chi connectivity index (χ2n) is 7.53. The van der Waals surface area contributed by atoms with Gasteiger partial charge in [0.25, 0.3) is 5.69 Å². The minimum atomic E-state index is -0.404. The van der Waals surface area contributed by atoms with E-state index in [-0.39, 0.29) is 11.7 Å². The molecule has 31 heavy (non-hydrogen) atoms. The van der Waals surface area contributed by atoms with Gasteiger partial charge in [-0.2, -0.15) is 0 Å². The Morgan fingerprint density at radius 3 is 2.42 bits per heavy atom. The molecular weight excluding hydrogens is 400 g/mol. The van der Waals surface area contributed by atoms with E-state index < -0.39 is 4.92 Å². The van der Waals surface area contributed by atoms with Crippen LogP contribution in [0.4, 0.5) is 22.0 Å². The zero-order valence-corrected chi connectivity index (χ0v) is 17.3. The number of amides is 2. The fourth-order valence-electron chi connectivity index (χ4n) is 3.78. The molecule has 4 rings (SSSR count). The average molecular weight is 426 g/mol. The van der Waals surface area contributed by atoms with Crippen LogP contribution in [0.5, 0.6) is 0 Å². The van der Waals surface area contributed by atoms with Crippen LogP contribution in [0, 0.1) is 10.1 Å². The molecule has 1 aromatic carbocycles. The number of nitrogens with zero attached hydrogens (tertiary/aromatic N) is 5. The smallest absolute Gasteiger partial charge is 0.317 e. The molecule has 0 radical (unpaired) electrons. The van der Waals surface area contributed by atoms with E-state index >= 15 is 0 Å². The van der Waals surface area contributed by atoms with Crippen molar-refractivity contribution in [1.29, 1.82) is 0 Å². The highest BCUT2D eigenvalue weighted by Crippen LogP contribution is 2.21. The molecule has 1 aromatic heterocycles. The number of urea groups is 1. The number of carbonyl (C=O) groups excluding carboxylic acids is 1. The normalized spacial score (nSPS) is 16.8. The van der Waals surface area contributed by atoms with Crippen LogP contribution in [-0.2, 0) is 11.3 Å². The third kappa shape index (κ3) is 5.21. The monoisotopic (exact) mass is 426 g/mol. The van der Waals surface area contributed by atoms with Crippen LogP contribution >= 0.6 is 0 Å². The lowest BCUT2D eigenvalue weighted by Crippen LogP contribution is -2.51. The first kappa shape index (κ1) is 20.9. The predicted molar refractivity (Wildman–Crippen MR) is 116 cm³/mol. The van der Waals surface area contributed by atoms with Crippen molar-refractivity contribution >= 4 is 23.2 Å². The van der Waals surface area contributed by atoms with Gasteiger partial charge >= 0.3 is 6.03 Å². The summed E-state index contributed by atoms with van der Waals surface area (Å²) in [5.74, 6) is 0.909. The number of non-ortho nitro benzene ring substituents is 1. The lowest BCUT2D eigenvalue weighted by atomic mass is 10.2. The molecule has 3 heterocycles. The number of ether oxygens (including phenoxy) is 1. The second kappa shape index (κ2) is 9.61. The van der Waals surface area contributed by atoms with E-state index in [2.05, 4.69) is 20.1 Å². The van der Waals surface area contributed by atoms with Crippen molar-refractivity contribution in [2.45, 2.75) is 6.54 Å². The molecule has 0 spiro atoms. The summed E-state index contributed by atoms with van der Waals surface area (Å²) in [7, 11) is 0.